The first-order valence-electron chi connectivity index (χ1n) is 11.3. The number of hydrogen-bond acceptors (Lipinski definition) is 11. The lowest BCUT2D eigenvalue weighted by atomic mass is 9.52. The summed E-state index contributed by atoms with van der Waals surface area (Å²) < 4.78 is 0. The maximum Gasteiger partial charge on any atom is 0.235 e. The van der Waals surface area contributed by atoms with Crippen LogP contribution in [0.15, 0.2) is 11.1 Å². The van der Waals surface area contributed by atoms with Gasteiger partial charge >= 0.3 is 0 Å². The number of ketones is 4. The van der Waals surface area contributed by atoms with Gasteiger partial charge in [-0.25, -0.2) is 0 Å². The lowest BCUT2D eigenvalue weighted by Crippen LogP contribution is -2.74. The number of phenolic OH excluding ortho intramolecular Hbond substituents is 1. The van der Waals surface area contributed by atoms with Crippen molar-refractivity contribution in [3.63, 3.8) is 0 Å². The molecule has 0 radical (unpaired) electrons. The zero-order valence-corrected chi connectivity index (χ0v) is 21.0. The molecule has 1 aromatic carbocycles. The van der Waals surface area contributed by atoms with Crippen LogP contribution in [0.3, 0.4) is 0 Å². The number of aromatic hydroxyl groups is 1. The normalized spacial score (nSPS) is 31.3. The molecule has 0 aliphatic heterocycles. The predicted molar refractivity (Wildman–Crippen MR) is 130 cm³/mol. The molecule has 12 heteroatoms. The van der Waals surface area contributed by atoms with Gasteiger partial charge in [0.1, 0.15) is 5.69 Å². The summed E-state index contributed by atoms with van der Waals surface area (Å²) in [5.74, 6) is -11.0. The summed E-state index contributed by atoms with van der Waals surface area (Å²) in [6.07, 6.45) is 0.145. The third-order valence-electron chi connectivity index (χ3n) is 7.67. The molecule has 2 unspecified atom stereocenters. The van der Waals surface area contributed by atoms with Crippen LogP contribution in [0.4, 0.5) is 11.4 Å². The fourth-order valence-electron chi connectivity index (χ4n) is 6.17. The van der Waals surface area contributed by atoms with Gasteiger partial charge in [0.15, 0.2) is 40.4 Å². The van der Waals surface area contributed by atoms with Gasteiger partial charge in [0.25, 0.3) is 0 Å². The highest BCUT2D eigenvalue weighted by Gasteiger charge is 2.69. The monoisotopic (exact) mass is 514 g/mol. The van der Waals surface area contributed by atoms with E-state index in [1.807, 2.05) is 0 Å². The van der Waals surface area contributed by atoms with Gasteiger partial charge in [-0.15, -0.1) is 0 Å². The Labute approximate surface area is 211 Å². The van der Waals surface area contributed by atoms with Crippen LogP contribution in [-0.4, -0.2) is 89.1 Å². The molecule has 190 valence electrons. The first-order chi connectivity index (χ1) is 16.8. The third kappa shape index (κ3) is 3.36. The highest BCUT2D eigenvalue weighted by molar-refractivity contribution is 7.78. The Balaban J connectivity index is 1.93. The number of carbonyl (C=O) groups is 5. The Morgan fingerprint density at radius 1 is 1.19 bits per heavy atom. The van der Waals surface area contributed by atoms with Crippen LogP contribution in [0, 0.1) is 23.7 Å². The molecule has 0 heterocycles. The lowest BCUT2D eigenvalue weighted by molar-refractivity contribution is -0.181. The molecule has 1 aromatic rings. The van der Waals surface area contributed by atoms with Gasteiger partial charge in [0, 0.05) is 25.7 Å². The van der Waals surface area contributed by atoms with E-state index in [1.54, 1.807) is 25.1 Å². The van der Waals surface area contributed by atoms with E-state index in [9.17, 15) is 34.2 Å². The van der Waals surface area contributed by atoms with Gasteiger partial charge in [-0.3, -0.25) is 28.9 Å². The van der Waals surface area contributed by atoms with Crippen LogP contribution < -0.4 is 10.6 Å². The first-order valence-corrected chi connectivity index (χ1v) is 11.7. The zero-order valence-electron chi connectivity index (χ0n) is 20.1. The van der Waals surface area contributed by atoms with Gasteiger partial charge in [-0.05, 0) is 56.7 Å². The molecule has 2 fully saturated rings. The Hall–Kier alpha value is -3.31. The van der Waals surface area contributed by atoms with Crippen LogP contribution >= 0.6 is 12.2 Å². The molecule has 3 aliphatic carbocycles. The van der Waals surface area contributed by atoms with Crippen LogP contribution in [0.1, 0.15) is 22.3 Å². The zero-order chi connectivity index (χ0) is 26.9. The number of anilines is 1. The summed E-state index contributed by atoms with van der Waals surface area (Å²) in [6, 6.07) is 0.406. The van der Waals surface area contributed by atoms with Crippen molar-refractivity contribution in [3.05, 3.63) is 17.2 Å². The Morgan fingerprint density at radius 3 is 2.36 bits per heavy atom. The molecule has 0 spiro atoms. The number of aliphatic hydroxyl groups is 1. The van der Waals surface area contributed by atoms with Crippen LogP contribution in [0.5, 0.6) is 5.75 Å². The largest absolute Gasteiger partial charge is 0.505 e. The van der Waals surface area contributed by atoms with Crippen LogP contribution in [-0.2, 0) is 25.6 Å². The number of Topliss-reactive ketones (excluding diaryl/α,β-unsaturated/α-hetero) is 4. The maximum atomic E-state index is 13.8. The second-order valence-corrected chi connectivity index (χ2v) is 10.2. The number of isothiocyanates is 1. The summed E-state index contributed by atoms with van der Waals surface area (Å²) >= 11 is 4.64. The molecule has 11 nitrogen and oxygen atoms in total. The van der Waals surface area contributed by atoms with Crippen LogP contribution in [0.25, 0.3) is 0 Å². The second-order valence-electron chi connectivity index (χ2n) is 10.0. The molecule has 4 N–H and O–H groups in total. The molecule has 3 aliphatic rings. The van der Waals surface area contributed by atoms with Crippen molar-refractivity contribution < 1.29 is 34.2 Å². The molecule has 4 rings (SSSR count). The Kier molecular flexibility index (Phi) is 6.20. The minimum Gasteiger partial charge on any atom is -0.505 e. The molecule has 1 amide bonds. The fourth-order valence-corrected chi connectivity index (χ4v) is 6.27. The molecule has 0 aromatic heterocycles. The highest BCUT2D eigenvalue weighted by Crippen LogP contribution is 2.53. The number of amides is 1. The molecule has 6 atom stereocenters. The summed E-state index contributed by atoms with van der Waals surface area (Å²) in [7, 11) is 6.55. The van der Waals surface area contributed by atoms with E-state index in [1.165, 1.54) is 19.0 Å². The minimum atomic E-state index is -2.76. The second kappa shape index (κ2) is 8.67. The van der Waals surface area contributed by atoms with Gasteiger partial charge in [-0.1, -0.05) is 0 Å². The van der Waals surface area contributed by atoms with E-state index in [0.29, 0.717) is 11.3 Å². The van der Waals surface area contributed by atoms with Crippen molar-refractivity contribution >= 4 is 57.8 Å². The van der Waals surface area contributed by atoms with E-state index in [-0.39, 0.29) is 24.1 Å². The fraction of sp³-hybridized carbons (Fsp3) is 0.500. The number of fused-ring (bicyclic) bond motifs is 3. The maximum absolute atomic E-state index is 13.8. The average Bonchev–Trinajstić information content (AvgIpc) is 2.77. The number of primary amides is 1. The Bertz CT molecular complexity index is 1290. The standard InChI is InChI=1S/C24H26N4O7S/c1-27(2)13-7-12(26-8-36)18(29)15-10(13)5-9-6-11-17(28(3)4)20(31)16(23(25)34)22(33)24(11,35)21(32)14(9)19(15)30/h7,9,11,14,16-17,29,35H,5-6H2,1-4H3,(H2,25,34)/t9-,11-,14?,16?,17-,24-/m0/s1. The number of likely N-dealkylation sites (N-methyl/N-ethyl adjacent to an activating group) is 1. The molecule has 0 saturated heterocycles. The molecule has 36 heavy (non-hydrogen) atoms. The predicted octanol–water partition coefficient (Wildman–Crippen LogP) is -0.333. The van der Waals surface area contributed by atoms with Gasteiger partial charge < -0.3 is 20.8 Å². The molecule has 2 saturated carbocycles. The SMILES string of the molecule is CN(C)c1cc(N=C=S)c(O)c2c1C[C@H]1C[C@H]3[C@H](N(C)C)C(=O)C(C(N)=O)C(=O)[C@@]3(O)C(=O)C1C2=O. The van der Waals surface area contributed by atoms with Crippen molar-refractivity contribution in [2.24, 2.45) is 34.4 Å². The van der Waals surface area contributed by atoms with Crippen molar-refractivity contribution in [1.29, 1.82) is 0 Å². The number of aliphatic imine (C=N–C) groups is 1. The number of nitrogens with two attached hydrogens (primary N) is 1. The topological polar surface area (TPSA) is 171 Å². The van der Waals surface area contributed by atoms with E-state index >= 15 is 0 Å². The van der Waals surface area contributed by atoms with Crippen molar-refractivity contribution in [1.82, 2.24) is 4.90 Å². The van der Waals surface area contributed by atoms with Crippen molar-refractivity contribution in [3.8, 4) is 5.75 Å². The average molecular weight is 515 g/mol. The number of hydrogen-bond donors (Lipinski definition) is 3. The summed E-state index contributed by atoms with van der Waals surface area (Å²) in [5, 5.41) is 24.6. The summed E-state index contributed by atoms with van der Waals surface area (Å²) in [4.78, 5) is 73.0. The molecule has 0 bridgehead atoms. The lowest BCUT2D eigenvalue weighted by Gasteiger charge is -2.52. The number of rotatable bonds is 4. The minimum absolute atomic E-state index is 0.0140. The quantitative estimate of drug-likeness (QED) is 0.274. The van der Waals surface area contributed by atoms with E-state index in [0.717, 1.165) is 0 Å². The van der Waals surface area contributed by atoms with Gasteiger partial charge in [0.2, 0.25) is 5.91 Å². The Morgan fingerprint density at radius 2 is 1.83 bits per heavy atom. The highest BCUT2D eigenvalue weighted by atomic mass is 32.1. The van der Waals surface area contributed by atoms with Crippen molar-refractivity contribution in [2.75, 3.05) is 33.1 Å². The van der Waals surface area contributed by atoms with Crippen LogP contribution in [0.2, 0.25) is 0 Å². The van der Waals surface area contributed by atoms with E-state index in [4.69, 9.17) is 5.73 Å². The number of phenols is 1. The summed E-state index contributed by atoms with van der Waals surface area (Å²) in [5.41, 5.74) is 3.45. The van der Waals surface area contributed by atoms with E-state index < -0.39 is 70.1 Å². The number of carbonyl (C=O) groups excluding carboxylic acids is 5. The first kappa shape index (κ1) is 25.8. The van der Waals surface area contributed by atoms with E-state index in [2.05, 4.69) is 22.4 Å². The summed E-state index contributed by atoms with van der Waals surface area (Å²) in [6.45, 7) is 0. The number of thiocarbonyl (C=S) groups is 1. The third-order valence-corrected chi connectivity index (χ3v) is 7.76. The van der Waals surface area contributed by atoms with Gasteiger partial charge in [-0.2, -0.15) is 4.99 Å². The van der Waals surface area contributed by atoms with Gasteiger partial charge in [0.05, 0.1) is 22.7 Å². The number of benzene rings is 1. The molecular formula is C24H26N4O7S. The molecular weight excluding hydrogens is 488 g/mol. The van der Waals surface area contributed by atoms with Crippen molar-refractivity contribution in [2.45, 2.75) is 24.5 Å². The number of nitrogens with zero attached hydrogens (tertiary/aromatic N) is 3. The smallest absolute Gasteiger partial charge is 0.235 e.